The van der Waals surface area contributed by atoms with Crippen LogP contribution in [0.4, 0.5) is 22.0 Å². The van der Waals surface area contributed by atoms with Gasteiger partial charge >= 0.3 is 12.1 Å². The van der Waals surface area contributed by atoms with E-state index in [2.05, 4.69) is 10.2 Å². The van der Waals surface area contributed by atoms with E-state index in [-0.39, 0.29) is 24.8 Å². The second-order valence-electron chi connectivity index (χ2n) is 4.26. The number of alkyl halides is 5. The lowest BCUT2D eigenvalue weighted by molar-refractivity contribution is -0.293. The Labute approximate surface area is 99.0 Å². The van der Waals surface area contributed by atoms with Crippen molar-refractivity contribution in [2.45, 2.75) is 31.5 Å². The van der Waals surface area contributed by atoms with Crippen LogP contribution in [0.15, 0.2) is 0 Å². The topological polar surface area (TPSA) is 56.7 Å². The van der Waals surface area contributed by atoms with Crippen LogP contribution in [0.3, 0.4) is 0 Å². The molecule has 0 aliphatic carbocycles. The number of hydrogen-bond donors (Lipinski definition) is 1. The standard InChI is InChI=1S/C9H11F5N4/c10-8(11,9(12,13)14)7-17-16-6-2-1-5(3-15)4-18(6)7/h5H,1-4,15H2. The molecule has 0 spiro atoms. The van der Waals surface area contributed by atoms with Gasteiger partial charge in [-0.25, -0.2) is 0 Å². The van der Waals surface area contributed by atoms with Gasteiger partial charge in [-0.2, -0.15) is 22.0 Å². The van der Waals surface area contributed by atoms with Crippen molar-refractivity contribution in [3.8, 4) is 0 Å². The first kappa shape index (κ1) is 13.2. The Balaban J connectivity index is 2.40. The highest BCUT2D eigenvalue weighted by Crippen LogP contribution is 2.43. The van der Waals surface area contributed by atoms with E-state index in [4.69, 9.17) is 5.73 Å². The van der Waals surface area contributed by atoms with Crippen LogP contribution in [0.2, 0.25) is 0 Å². The molecule has 0 saturated carbocycles. The molecule has 0 aromatic carbocycles. The highest BCUT2D eigenvalue weighted by Gasteiger charge is 2.62. The summed E-state index contributed by atoms with van der Waals surface area (Å²) in [6.45, 7) is 0.231. The van der Waals surface area contributed by atoms with E-state index in [1.54, 1.807) is 0 Å². The Morgan fingerprint density at radius 2 is 1.89 bits per heavy atom. The minimum absolute atomic E-state index is 0.000162. The third kappa shape index (κ3) is 1.96. The maximum absolute atomic E-state index is 13.2. The smallest absolute Gasteiger partial charge is 0.330 e. The van der Waals surface area contributed by atoms with Gasteiger partial charge in [0, 0.05) is 13.0 Å². The van der Waals surface area contributed by atoms with Crippen molar-refractivity contribution in [2.24, 2.45) is 11.7 Å². The first-order valence-corrected chi connectivity index (χ1v) is 5.34. The average Bonchev–Trinajstić information content (AvgIpc) is 2.70. The molecule has 1 unspecified atom stereocenters. The summed E-state index contributed by atoms with van der Waals surface area (Å²) in [7, 11) is 0. The van der Waals surface area contributed by atoms with Crippen LogP contribution < -0.4 is 5.73 Å². The van der Waals surface area contributed by atoms with Gasteiger partial charge < -0.3 is 10.3 Å². The second kappa shape index (κ2) is 4.15. The minimum atomic E-state index is -5.67. The van der Waals surface area contributed by atoms with Crippen molar-refractivity contribution in [1.82, 2.24) is 14.8 Å². The number of nitrogens with zero attached hydrogens (tertiary/aromatic N) is 3. The summed E-state index contributed by atoms with van der Waals surface area (Å²) in [6.07, 6.45) is -4.75. The number of aromatic nitrogens is 3. The van der Waals surface area contributed by atoms with Crippen molar-refractivity contribution < 1.29 is 22.0 Å². The van der Waals surface area contributed by atoms with E-state index in [0.29, 0.717) is 12.8 Å². The molecular formula is C9H11F5N4. The highest BCUT2D eigenvalue weighted by molar-refractivity contribution is 5.07. The quantitative estimate of drug-likeness (QED) is 0.828. The zero-order chi connectivity index (χ0) is 13.6. The average molecular weight is 270 g/mol. The van der Waals surface area contributed by atoms with Crippen LogP contribution >= 0.6 is 0 Å². The first-order valence-electron chi connectivity index (χ1n) is 5.34. The van der Waals surface area contributed by atoms with E-state index in [0.717, 1.165) is 4.57 Å². The summed E-state index contributed by atoms with van der Waals surface area (Å²) in [5.41, 5.74) is 5.41. The van der Waals surface area contributed by atoms with Gasteiger partial charge in [-0.1, -0.05) is 0 Å². The molecule has 0 amide bonds. The van der Waals surface area contributed by atoms with E-state index in [1.165, 1.54) is 0 Å². The molecule has 9 heteroatoms. The molecule has 0 radical (unpaired) electrons. The zero-order valence-electron chi connectivity index (χ0n) is 9.21. The molecule has 1 aliphatic rings. The Bertz CT molecular complexity index is 439. The number of halogens is 5. The fourth-order valence-electron chi connectivity index (χ4n) is 1.95. The number of hydrogen-bond acceptors (Lipinski definition) is 3. The summed E-state index contributed by atoms with van der Waals surface area (Å²) in [6, 6.07) is 0. The van der Waals surface area contributed by atoms with E-state index < -0.39 is 17.9 Å². The summed E-state index contributed by atoms with van der Waals surface area (Å²) < 4.78 is 64.2. The third-order valence-electron chi connectivity index (χ3n) is 3.01. The van der Waals surface area contributed by atoms with Crippen molar-refractivity contribution in [2.75, 3.05) is 6.54 Å². The van der Waals surface area contributed by atoms with Crippen LogP contribution in [0.1, 0.15) is 18.1 Å². The number of fused-ring (bicyclic) bond motifs is 1. The van der Waals surface area contributed by atoms with Gasteiger partial charge in [0.05, 0.1) is 0 Å². The molecular weight excluding hydrogens is 259 g/mol. The highest BCUT2D eigenvalue weighted by atomic mass is 19.4. The molecule has 1 aliphatic heterocycles. The third-order valence-corrected chi connectivity index (χ3v) is 3.01. The van der Waals surface area contributed by atoms with Gasteiger partial charge in [-0.3, -0.25) is 0 Å². The van der Waals surface area contributed by atoms with Crippen LogP contribution in [-0.4, -0.2) is 27.5 Å². The number of aryl methyl sites for hydroxylation is 1. The molecule has 0 saturated heterocycles. The monoisotopic (exact) mass is 270 g/mol. The van der Waals surface area contributed by atoms with Crippen molar-refractivity contribution in [1.29, 1.82) is 0 Å². The maximum Gasteiger partial charge on any atom is 0.461 e. The Morgan fingerprint density at radius 3 is 2.44 bits per heavy atom. The van der Waals surface area contributed by atoms with E-state index in [9.17, 15) is 22.0 Å². The van der Waals surface area contributed by atoms with Gasteiger partial charge in [0.1, 0.15) is 5.82 Å². The predicted octanol–water partition coefficient (Wildman–Crippen LogP) is 1.45. The SMILES string of the molecule is NCC1CCc2nnc(C(F)(F)C(F)(F)F)n2C1. The van der Waals surface area contributed by atoms with Gasteiger partial charge in [-0.05, 0) is 18.9 Å². The largest absolute Gasteiger partial charge is 0.461 e. The Kier molecular flexibility index (Phi) is 3.04. The molecule has 0 bridgehead atoms. The lowest BCUT2D eigenvalue weighted by Crippen LogP contribution is -2.38. The lowest BCUT2D eigenvalue weighted by atomic mass is 9.99. The van der Waals surface area contributed by atoms with Crippen LogP contribution in [0.25, 0.3) is 0 Å². The first-order chi connectivity index (χ1) is 8.27. The van der Waals surface area contributed by atoms with Gasteiger partial charge in [0.25, 0.3) is 0 Å². The Hall–Kier alpha value is -1.25. The fraction of sp³-hybridized carbons (Fsp3) is 0.778. The molecule has 4 nitrogen and oxygen atoms in total. The number of nitrogens with two attached hydrogens (primary N) is 1. The number of rotatable bonds is 2. The molecule has 18 heavy (non-hydrogen) atoms. The summed E-state index contributed by atoms with van der Waals surface area (Å²) in [4.78, 5) is 0. The zero-order valence-corrected chi connectivity index (χ0v) is 9.21. The lowest BCUT2D eigenvalue weighted by Gasteiger charge is -2.25. The van der Waals surface area contributed by atoms with Crippen molar-refractivity contribution >= 4 is 0 Å². The predicted molar refractivity (Wildman–Crippen MR) is 50.8 cm³/mol. The van der Waals surface area contributed by atoms with Crippen molar-refractivity contribution in [3.05, 3.63) is 11.6 Å². The molecule has 1 atom stereocenters. The molecule has 0 fully saturated rings. The van der Waals surface area contributed by atoms with E-state index >= 15 is 0 Å². The molecule has 2 heterocycles. The van der Waals surface area contributed by atoms with Crippen LogP contribution in [0, 0.1) is 5.92 Å². The molecule has 2 rings (SSSR count). The molecule has 2 N–H and O–H groups in total. The summed E-state index contributed by atoms with van der Waals surface area (Å²) in [5.74, 6) is -6.31. The second-order valence-corrected chi connectivity index (χ2v) is 4.26. The summed E-state index contributed by atoms with van der Waals surface area (Å²) >= 11 is 0. The maximum atomic E-state index is 13.2. The van der Waals surface area contributed by atoms with Gasteiger partial charge in [0.15, 0.2) is 0 Å². The van der Waals surface area contributed by atoms with Gasteiger partial charge in [0.2, 0.25) is 5.82 Å². The fourth-order valence-corrected chi connectivity index (χ4v) is 1.95. The minimum Gasteiger partial charge on any atom is -0.330 e. The molecule has 1 aromatic heterocycles. The van der Waals surface area contributed by atoms with Gasteiger partial charge in [-0.15, -0.1) is 10.2 Å². The molecule has 102 valence electrons. The Morgan fingerprint density at radius 1 is 1.22 bits per heavy atom. The van der Waals surface area contributed by atoms with Crippen LogP contribution in [-0.2, 0) is 18.9 Å². The molecule has 1 aromatic rings. The normalized spacial score (nSPS) is 20.9. The van der Waals surface area contributed by atoms with E-state index in [1.807, 2.05) is 0 Å². The van der Waals surface area contributed by atoms with Crippen molar-refractivity contribution in [3.63, 3.8) is 0 Å². The van der Waals surface area contributed by atoms with Crippen LogP contribution in [0.5, 0.6) is 0 Å². The summed E-state index contributed by atoms with van der Waals surface area (Å²) in [5, 5.41) is 6.40.